The van der Waals surface area contributed by atoms with Crippen molar-refractivity contribution < 1.29 is 19.0 Å². The van der Waals surface area contributed by atoms with Gasteiger partial charge in [-0.2, -0.15) is 0 Å². The molecule has 4 rings (SSSR count). The average molecular weight is 424 g/mol. The zero-order chi connectivity index (χ0) is 21.1. The van der Waals surface area contributed by atoms with Crippen molar-refractivity contribution in [3.63, 3.8) is 0 Å². The smallest absolute Gasteiger partial charge is 0.308 e. The van der Waals surface area contributed by atoms with Crippen molar-refractivity contribution in [1.29, 1.82) is 0 Å². The molecular weight excluding hydrogens is 382 g/mol. The Kier molecular flexibility index (Phi) is 7.68. The van der Waals surface area contributed by atoms with Gasteiger partial charge in [-0.25, -0.2) is 0 Å². The first-order valence-corrected chi connectivity index (χ1v) is 12.2. The van der Waals surface area contributed by atoms with Gasteiger partial charge in [0.05, 0.1) is 30.8 Å². The summed E-state index contributed by atoms with van der Waals surface area (Å²) in [5.74, 6) is 0.0420. The monoisotopic (exact) mass is 423 g/mol. The zero-order valence-corrected chi connectivity index (χ0v) is 19.1. The third kappa shape index (κ3) is 5.36. The van der Waals surface area contributed by atoms with E-state index in [0.717, 1.165) is 65.0 Å². The van der Waals surface area contributed by atoms with E-state index in [1.165, 1.54) is 12.8 Å². The molecule has 0 N–H and O–H groups in total. The molecule has 4 aliphatic rings. The summed E-state index contributed by atoms with van der Waals surface area (Å²) in [5, 5.41) is 0. The van der Waals surface area contributed by atoms with Crippen LogP contribution in [-0.2, 0) is 19.0 Å². The molecule has 7 heteroatoms. The van der Waals surface area contributed by atoms with Gasteiger partial charge in [0.15, 0.2) is 6.35 Å². The predicted octanol–water partition coefficient (Wildman–Crippen LogP) is 2.30. The van der Waals surface area contributed by atoms with E-state index >= 15 is 0 Å². The second-order valence-corrected chi connectivity index (χ2v) is 9.75. The van der Waals surface area contributed by atoms with Gasteiger partial charge in [-0.3, -0.25) is 19.5 Å². The maximum Gasteiger partial charge on any atom is 0.308 e. The number of hydrogen-bond acceptors (Lipinski definition) is 7. The molecule has 0 aromatic carbocycles. The highest BCUT2D eigenvalue weighted by Crippen LogP contribution is 2.31. The lowest BCUT2D eigenvalue weighted by molar-refractivity contribution is -0.217. The van der Waals surface area contributed by atoms with Crippen LogP contribution in [-0.4, -0.2) is 97.3 Å². The van der Waals surface area contributed by atoms with Crippen LogP contribution < -0.4 is 0 Å². The lowest BCUT2D eigenvalue weighted by atomic mass is 9.87. The normalized spacial score (nSPS) is 35.8. The molecule has 0 amide bonds. The van der Waals surface area contributed by atoms with Crippen molar-refractivity contribution in [2.75, 3.05) is 45.9 Å². The van der Waals surface area contributed by atoms with Crippen LogP contribution in [0.5, 0.6) is 0 Å². The minimum Gasteiger partial charge on any atom is -0.466 e. The number of likely N-dealkylation sites (tertiary alicyclic amines) is 2. The van der Waals surface area contributed by atoms with Crippen LogP contribution >= 0.6 is 0 Å². The second-order valence-electron chi connectivity index (χ2n) is 9.75. The molecule has 1 saturated carbocycles. The van der Waals surface area contributed by atoms with Gasteiger partial charge in [-0.05, 0) is 59.3 Å². The molecule has 172 valence electrons. The summed E-state index contributed by atoms with van der Waals surface area (Å²) in [6, 6.07) is 0.618. The molecule has 3 aliphatic heterocycles. The van der Waals surface area contributed by atoms with Crippen molar-refractivity contribution in [2.24, 2.45) is 5.92 Å². The van der Waals surface area contributed by atoms with E-state index < -0.39 is 0 Å². The number of morpholine rings is 1. The Bertz CT molecular complexity index is 547. The summed E-state index contributed by atoms with van der Waals surface area (Å²) in [7, 11) is 0. The van der Waals surface area contributed by atoms with E-state index in [0.29, 0.717) is 24.9 Å². The van der Waals surface area contributed by atoms with E-state index in [4.69, 9.17) is 14.2 Å². The number of esters is 1. The number of carbonyl (C=O) groups excluding carboxylic acids is 1. The van der Waals surface area contributed by atoms with Crippen LogP contribution in [0.15, 0.2) is 0 Å². The van der Waals surface area contributed by atoms with Gasteiger partial charge < -0.3 is 14.2 Å². The largest absolute Gasteiger partial charge is 0.466 e. The Hall–Kier alpha value is -0.730. The molecule has 1 aliphatic carbocycles. The first-order valence-electron chi connectivity index (χ1n) is 12.2. The fraction of sp³-hybridized carbons (Fsp3) is 0.957. The molecule has 7 nitrogen and oxygen atoms in total. The number of nitrogens with zero attached hydrogens (tertiary/aromatic N) is 3. The van der Waals surface area contributed by atoms with Crippen LogP contribution in [0.1, 0.15) is 59.3 Å². The molecular formula is C23H41N3O4. The van der Waals surface area contributed by atoms with Crippen LogP contribution in [0.25, 0.3) is 0 Å². The number of carbonyl (C=O) groups is 1. The maximum atomic E-state index is 12.0. The minimum atomic E-state index is -0.0217. The highest BCUT2D eigenvalue weighted by Gasteiger charge is 2.42. The van der Waals surface area contributed by atoms with Crippen molar-refractivity contribution in [3.8, 4) is 0 Å². The molecule has 0 bridgehead atoms. The summed E-state index contributed by atoms with van der Waals surface area (Å²) in [5.41, 5.74) is 0. The van der Waals surface area contributed by atoms with Crippen LogP contribution in [0.4, 0.5) is 0 Å². The van der Waals surface area contributed by atoms with Gasteiger partial charge in [0.1, 0.15) is 0 Å². The van der Waals surface area contributed by atoms with Crippen molar-refractivity contribution in [2.45, 2.75) is 90.0 Å². The molecule has 3 saturated heterocycles. The molecule has 3 heterocycles. The average Bonchev–Trinajstić information content (AvgIpc) is 3.20. The molecule has 0 spiro atoms. The molecule has 0 aromatic heterocycles. The Balaban J connectivity index is 1.29. The van der Waals surface area contributed by atoms with E-state index in [9.17, 15) is 4.79 Å². The Morgan fingerprint density at radius 2 is 1.60 bits per heavy atom. The quantitative estimate of drug-likeness (QED) is 0.583. The van der Waals surface area contributed by atoms with E-state index in [1.807, 2.05) is 6.92 Å². The van der Waals surface area contributed by atoms with Crippen LogP contribution in [0.3, 0.4) is 0 Å². The molecule has 4 fully saturated rings. The fourth-order valence-corrected chi connectivity index (χ4v) is 5.65. The molecule has 0 unspecified atom stereocenters. The third-order valence-corrected chi connectivity index (χ3v) is 7.23. The van der Waals surface area contributed by atoms with E-state index in [2.05, 4.69) is 28.5 Å². The van der Waals surface area contributed by atoms with Gasteiger partial charge in [0.2, 0.25) is 0 Å². The van der Waals surface area contributed by atoms with E-state index in [1.54, 1.807) is 0 Å². The van der Waals surface area contributed by atoms with Crippen molar-refractivity contribution in [1.82, 2.24) is 14.7 Å². The zero-order valence-electron chi connectivity index (χ0n) is 19.1. The SMILES string of the molecule is CCOC(=O)C1CCC(O[C@@H](N2CCCC2)N2CC(N3C[C@H](C)O[C@@H](C)C3)C2)CC1. The molecule has 3 atom stereocenters. The van der Waals surface area contributed by atoms with Gasteiger partial charge in [0.25, 0.3) is 0 Å². The van der Waals surface area contributed by atoms with Crippen molar-refractivity contribution >= 4 is 5.97 Å². The molecule has 0 aromatic rings. The predicted molar refractivity (Wildman–Crippen MR) is 115 cm³/mol. The van der Waals surface area contributed by atoms with Crippen molar-refractivity contribution in [3.05, 3.63) is 0 Å². The Labute approximate surface area is 182 Å². The van der Waals surface area contributed by atoms with Gasteiger partial charge in [0, 0.05) is 45.3 Å². The summed E-state index contributed by atoms with van der Waals surface area (Å²) >= 11 is 0. The topological polar surface area (TPSA) is 54.5 Å². The Morgan fingerprint density at radius 1 is 0.967 bits per heavy atom. The van der Waals surface area contributed by atoms with Gasteiger partial charge in [-0.15, -0.1) is 0 Å². The number of rotatable bonds is 7. The molecule has 30 heavy (non-hydrogen) atoms. The van der Waals surface area contributed by atoms with Gasteiger partial charge >= 0.3 is 5.97 Å². The first kappa shape index (κ1) is 22.5. The maximum absolute atomic E-state index is 12.0. The summed E-state index contributed by atoms with van der Waals surface area (Å²) in [4.78, 5) is 19.7. The summed E-state index contributed by atoms with van der Waals surface area (Å²) in [6.45, 7) is 13.2. The first-order chi connectivity index (χ1) is 14.5. The second kappa shape index (κ2) is 10.3. The number of ether oxygens (including phenoxy) is 3. The highest BCUT2D eigenvalue weighted by atomic mass is 16.5. The summed E-state index contributed by atoms with van der Waals surface area (Å²) < 4.78 is 17.8. The van der Waals surface area contributed by atoms with Gasteiger partial charge in [-0.1, -0.05) is 0 Å². The lowest BCUT2D eigenvalue weighted by Crippen LogP contribution is -2.68. The fourth-order valence-electron chi connectivity index (χ4n) is 5.65. The summed E-state index contributed by atoms with van der Waals surface area (Å²) in [6.07, 6.45) is 7.24. The third-order valence-electron chi connectivity index (χ3n) is 7.23. The minimum absolute atomic E-state index is 0.0217. The highest BCUT2D eigenvalue weighted by molar-refractivity contribution is 5.72. The van der Waals surface area contributed by atoms with Crippen LogP contribution in [0.2, 0.25) is 0 Å². The Morgan fingerprint density at radius 3 is 2.20 bits per heavy atom. The number of hydrogen-bond donors (Lipinski definition) is 0. The van der Waals surface area contributed by atoms with E-state index in [-0.39, 0.29) is 24.3 Å². The van der Waals surface area contributed by atoms with Crippen LogP contribution in [0, 0.1) is 5.92 Å². The lowest BCUT2D eigenvalue weighted by Gasteiger charge is -2.53. The standard InChI is InChI=1S/C23H41N3O4/c1-4-28-22(27)19-7-9-21(10-8-19)30-23(24-11-5-6-12-24)26-15-20(16-26)25-13-17(2)29-18(3)14-25/h17-21,23H,4-16H2,1-3H3/t17-,18-,19?,21?,23-/m0/s1. The molecule has 0 radical (unpaired) electrons.